The van der Waals surface area contributed by atoms with Crippen molar-refractivity contribution in [1.29, 1.82) is 0 Å². The summed E-state index contributed by atoms with van der Waals surface area (Å²) in [4.78, 5) is 0. The van der Waals surface area contributed by atoms with Gasteiger partial charge in [0.05, 0.1) is 0 Å². The summed E-state index contributed by atoms with van der Waals surface area (Å²) in [5.74, 6) is 0. The number of aryl methyl sites for hydroxylation is 2. The molecule has 0 atom stereocenters. The molecule has 0 aliphatic rings. The van der Waals surface area contributed by atoms with Crippen LogP contribution in [0, 0.1) is 13.8 Å². The minimum absolute atomic E-state index is 1.22. The maximum absolute atomic E-state index is 4.02. The molecule has 0 radical (unpaired) electrons. The van der Waals surface area contributed by atoms with Crippen molar-refractivity contribution in [2.45, 2.75) is 34.6 Å². The lowest BCUT2D eigenvalue weighted by Crippen LogP contribution is -1.96. The van der Waals surface area contributed by atoms with Crippen molar-refractivity contribution >= 4 is 11.6 Å². The lowest BCUT2D eigenvalue weighted by Gasteiger charge is -2.18. The molecule has 0 aromatic heterocycles. The van der Waals surface area contributed by atoms with Crippen LogP contribution in [0.2, 0.25) is 0 Å². The summed E-state index contributed by atoms with van der Waals surface area (Å²) >= 11 is 0. The molecule has 0 heterocycles. The van der Waals surface area contributed by atoms with Gasteiger partial charge in [0.25, 0.3) is 0 Å². The molecule has 0 saturated carbocycles. The Labute approximate surface area is 140 Å². The first-order chi connectivity index (χ1) is 11.0. The van der Waals surface area contributed by atoms with Gasteiger partial charge in [0.15, 0.2) is 0 Å². The van der Waals surface area contributed by atoms with Gasteiger partial charge in [0.1, 0.15) is 0 Å². The standard InChI is InChI=1S/C23H26/c1-7-11-20(16(3)4)23-18(6)13-10-15-22(23)21-14-9-12-17(5)19(21)8-2/h7-15H,2H2,1,3-6H3/b11-7-. The van der Waals surface area contributed by atoms with Crippen molar-refractivity contribution in [2.24, 2.45) is 0 Å². The zero-order valence-electron chi connectivity index (χ0n) is 14.9. The van der Waals surface area contributed by atoms with Crippen LogP contribution in [0.25, 0.3) is 22.8 Å². The van der Waals surface area contributed by atoms with Crippen molar-refractivity contribution in [3.63, 3.8) is 0 Å². The van der Waals surface area contributed by atoms with Gasteiger partial charge in [-0.2, -0.15) is 0 Å². The van der Waals surface area contributed by atoms with Gasteiger partial charge < -0.3 is 0 Å². The molecule has 0 nitrogen and oxygen atoms in total. The minimum Gasteiger partial charge on any atom is -0.0984 e. The summed E-state index contributed by atoms with van der Waals surface area (Å²) in [6.07, 6.45) is 6.29. The molecular weight excluding hydrogens is 276 g/mol. The quantitative estimate of drug-likeness (QED) is 0.534. The Morgan fingerprint density at radius 2 is 1.52 bits per heavy atom. The highest BCUT2D eigenvalue weighted by atomic mass is 14.2. The number of hydrogen-bond acceptors (Lipinski definition) is 0. The van der Waals surface area contributed by atoms with Crippen LogP contribution in [0.3, 0.4) is 0 Å². The highest BCUT2D eigenvalue weighted by molar-refractivity contribution is 5.91. The zero-order chi connectivity index (χ0) is 17.0. The molecule has 0 N–H and O–H groups in total. The first-order valence-corrected chi connectivity index (χ1v) is 8.13. The van der Waals surface area contributed by atoms with Crippen LogP contribution < -0.4 is 0 Å². The molecule has 23 heavy (non-hydrogen) atoms. The van der Waals surface area contributed by atoms with E-state index in [1.54, 1.807) is 0 Å². The van der Waals surface area contributed by atoms with Crippen molar-refractivity contribution in [2.75, 3.05) is 0 Å². The Kier molecular flexibility index (Phi) is 5.39. The molecular formula is C23H26. The normalized spacial score (nSPS) is 10.8. The maximum Gasteiger partial charge on any atom is -0.00767 e. The second kappa shape index (κ2) is 7.28. The van der Waals surface area contributed by atoms with Crippen LogP contribution in [-0.2, 0) is 0 Å². The average Bonchev–Trinajstić information content (AvgIpc) is 2.52. The number of hydrogen-bond donors (Lipinski definition) is 0. The van der Waals surface area contributed by atoms with Gasteiger partial charge in [-0.1, -0.05) is 66.8 Å². The monoisotopic (exact) mass is 302 g/mol. The molecule has 0 bridgehead atoms. The summed E-state index contributed by atoms with van der Waals surface area (Å²) in [6.45, 7) is 14.8. The lowest BCUT2D eigenvalue weighted by atomic mass is 9.86. The van der Waals surface area contributed by atoms with E-state index in [1.165, 1.54) is 44.5 Å². The fourth-order valence-electron chi connectivity index (χ4n) is 3.10. The van der Waals surface area contributed by atoms with Crippen LogP contribution in [0.5, 0.6) is 0 Å². The third kappa shape index (κ3) is 3.37. The summed E-state index contributed by atoms with van der Waals surface area (Å²) in [7, 11) is 0. The fraction of sp³-hybridized carbons (Fsp3) is 0.217. The van der Waals surface area contributed by atoms with Gasteiger partial charge in [0, 0.05) is 0 Å². The van der Waals surface area contributed by atoms with Crippen molar-refractivity contribution < 1.29 is 0 Å². The first kappa shape index (κ1) is 17.0. The van der Waals surface area contributed by atoms with E-state index in [0.717, 1.165) is 0 Å². The van der Waals surface area contributed by atoms with Gasteiger partial charge >= 0.3 is 0 Å². The van der Waals surface area contributed by atoms with Crippen LogP contribution in [-0.4, -0.2) is 0 Å². The lowest BCUT2D eigenvalue weighted by molar-refractivity contribution is 1.35. The molecule has 0 unspecified atom stereocenters. The minimum atomic E-state index is 1.22. The molecule has 0 aliphatic heterocycles. The van der Waals surface area contributed by atoms with Crippen LogP contribution in [0.1, 0.15) is 43.0 Å². The second-order valence-corrected chi connectivity index (χ2v) is 6.15. The Hall–Kier alpha value is -2.34. The molecule has 0 spiro atoms. The molecule has 0 fully saturated rings. The largest absolute Gasteiger partial charge is 0.0984 e. The molecule has 2 aromatic rings. The van der Waals surface area contributed by atoms with Crippen LogP contribution in [0.4, 0.5) is 0 Å². The van der Waals surface area contributed by atoms with E-state index < -0.39 is 0 Å². The second-order valence-electron chi connectivity index (χ2n) is 6.15. The van der Waals surface area contributed by atoms with Gasteiger partial charge in [-0.3, -0.25) is 0 Å². The fourth-order valence-corrected chi connectivity index (χ4v) is 3.10. The molecule has 0 saturated heterocycles. The Balaban J connectivity index is 2.86. The van der Waals surface area contributed by atoms with E-state index in [2.05, 4.69) is 89.7 Å². The van der Waals surface area contributed by atoms with E-state index >= 15 is 0 Å². The SMILES string of the molecule is C=Cc1c(C)cccc1-c1cccc(C)c1C(/C=C\C)=C(C)C. The van der Waals surface area contributed by atoms with Gasteiger partial charge in [0.2, 0.25) is 0 Å². The summed E-state index contributed by atoms with van der Waals surface area (Å²) in [5.41, 5.74) is 10.2. The highest BCUT2D eigenvalue weighted by Crippen LogP contribution is 2.36. The van der Waals surface area contributed by atoms with Gasteiger partial charge in [-0.25, -0.2) is 0 Å². The van der Waals surface area contributed by atoms with Crippen molar-refractivity contribution in [3.8, 4) is 11.1 Å². The molecule has 118 valence electrons. The molecule has 2 aromatic carbocycles. The van der Waals surface area contributed by atoms with E-state index in [-0.39, 0.29) is 0 Å². The highest BCUT2D eigenvalue weighted by Gasteiger charge is 2.14. The van der Waals surface area contributed by atoms with E-state index in [1.807, 2.05) is 6.08 Å². The van der Waals surface area contributed by atoms with Crippen LogP contribution in [0.15, 0.2) is 60.7 Å². The van der Waals surface area contributed by atoms with Gasteiger partial charge in [-0.05, 0) is 73.6 Å². The van der Waals surface area contributed by atoms with Crippen LogP contribution >= 0.6 is 0 Å². The Morgan fingerprint density at radius 1 is 0.913 bits per heavy atom. The number of allylic oxidation sites excluding steroid dienone is 4. The Bertz CT molecular complexity index is 782. The van der Waals surface area contributed by atoms with E-state index in [9.17, 15) is 0 Å². The van der Waals surface area contributed by atoms with Crippen molar-refractivity contribution in [3.05, 3.63) is 83.0 Å². The first-order valence-electron chi connectivity index (χ1n) is 8.13. The summed E-state index contributed by atoms with van der Waals surface area (Å²) in [6, 6.07) is 13.0. The predicted molar refractivity (Wildman–Crippen MR) is 105 cm³/mol. The molecule has 2 rings (SSSR count). The Morgan fingerprint density at radius 3 is 2.09 bits per heavy atom. The average molecular weight is 302 g/mol. The summed E-state index contributed by atoms with van der Waals surface area (Å²) < 4.78 is 0. The van der Waals surface area contributed by atoms with E-state index in [4.69, 9.17) is 0 Å². The smallest absolute Gasteiger partial charge is 0.00767 e. The molecule has 0 aliphatic carbocycles. The number of rotatable bonds is 4. The maximum atomic E-state index is 4.02. The van der Waals surface area contributed by atoms with Crippen molar-refractivity contribution in [1.82, 2.24) is 0 Å². The number of benzene rings is 2. The molecule has 0 amide bonds. The third-order valence-corrected chi connectivity index (χ3v) is 4.23. The van der Waals surface area contributed by atoms with E-state index in [0.29, 0.717) is 0 Å². The summed E-state index contributed by atoms with van der Waals surface area (Å²) in [5, 5.41) is 0. The van der Waals surface area contributed by atoms with Gasteiger partial charge in [-0.15, -0.1) is 0 Å². The molecule has 0 heteroatoms. The topological polar surface area (TPSA) is 0 Å². The third-order valence-electron chi connectivity index (χ3n) is 4.23. The predicted octanol–water partition coefficient (Wildman–Crippen LogP) is 6.98. The zero-order valence-corrected chi connectivity index (χ0v) is 14.9.